The Kier molecular flexibility index (Phi) is 5.06. The van der Waals surface area contributed by atoms with Crippen LogP contribution in [0.2, 0.25) is 5.02 Å². The first-order chi connectivity index (χ1) is 8.74. The van der Waals surface area contributed by atoms with E-state index >= 15 is 0 Å². The normalized spacial score (nSPS) is 16.5. The molecule has 1 N–H and O–H groups in total. The molecule has 0 aromatic heterocycles. The Morgan fingerprint density at radius 3 is 2.78 bits per heavy atom. The summed E-state index contributed by atoms with van der Waals surface area (Å²) in [6.45, 7) is 0. The van der Waals surface area contributed by atoms with Gasteiger partial charge in [0.05, 0.1) is 0 Å². The van der Waals surface area contributed by atoms with Gasteiger partial charge < -0.3 is 5.32 Å². The van der Waals surface area contributed by atoms with Crippen molar-refractivity contribution < 1.29 is 4.79 Å². The highest BCUT2D eigenvalue weighted by molar-refractivity contribution is 6.30. The summed E-state index contributed by atoms with van der Waals surface area (Å²) in [5, 5.41) is 3.87. The van der Waals surface area contributed by atoms with Gasteiger partial charge in [-0.25, -0.2) is 0 Å². The van der Waals surface area contributed by atoms with E-state index in [1.54, 1.807) is 0 Å². The lowest BCUT2D eigenvalue weighted by atomic mass is 9.95. The molecule has 0 aliphatic heterocycles. The minimum atomic E-state index is 0.168. The van der Waals surface area contributed by atoms with E-state index in [0.29, 0.717) is 12.5 Å². The van der Waals surface area contributed by atoms with Crippen LogP contribution in [-0.4, -0.2) is 11.9 Å². The zero-order valence-electron chi connectivity index (χ0n) is 10.6. The molecule has 1 aromatic rings. The fourth-order valence-corrected chi connectivity index (χ4v) is 2.71. The molecule has 1 saturated carbocycles. The number of rotatable bonds is 4. The molecule has 0 saturated heterocycles. The zero-order valence-corrected chi connectivity index (χ0v) is 11.4. The van der Waals surface area contributed by atoms with E-state index in [1.165, 1.54) is 19.3 Å². The Balaban J connectivity index is 1.74. The summed E-state index contributed by atoms with van der Waals surface area (Å²) in [6, 6.07) is 8.13. The molecule has 0 atom stereocenters. The lowest BCUT2D eigenvalue weighted by Gasteiger charge is -2.22. The van der Waals surface area contributed by atoms with Gasteiger partial charge in [-0.15, -0.1) is 0 Å². The summed E-state index contributed by atoms with van der Waals surface area (Å²) in [7, 11) is 0. The Morgan fingerprint density at radius 2 is 2.06 bits per heavy atom. The van der Waals surface area contributed by atoms with Crippen LogP contribution in [0, 0.1) is 0 Å². The van der Waals surface area contributed by atoms with E-state index < -0.39 is 0 Å². The molecule has 0 unspecified atom stereocenters. The average molecular weight is 266 g/mol. The predicted octanol–water partition coefficient (Wildman–Crippen LogP) is 3.72. The topological polar surface area (TPSA) is 29.1 Å². The van der Waals surface area contributed by atoms with E-state index in [0.717, 1.165) is 29.8 Å². The van der Waals surface area contributed by atoms with Gasteiger partial charge in [0.15, 0.2) is 0 Å². The molecule has 1 amide bonds. The van der Waals surface area contributed by atoms with Crippen LogP contribution in [-0.2, 0) is 11.2 Å². The maximum Gasteiger partial charge on any atom is 0.220 e. The number of aryl methyl sites for hydroxylation is 1. The third-order valence-corrected chi connectivity index (χ3v) is 3.74. The van der Waals surface area contributed by atoms with Crippen LogP contribution in [0.25, 0.3) is 0 Å². The Morgan fingerprint density at radius 1 is 1.28 bits per heavy atom. The van der Waals surface area contributed by atoms with E-state index in [1.807, 2.05) is 24.3 Å². The Hall–Kier alpha value is -1.02. The molecule has 0 radical (unpaired) electrons. The Labute approximate surface area is 114 Å². The van der Waals surface area contributed by atoms with Crippen LogP contribution in [0.5, 0.6) is 0 Å². The lowest BCUT2D eigenvalue weighted by Crippen LogP contribution is -2.36. The molecule has 1 aliphatic carbocycles. The minimum absolute atomic E-state index is 0.168. The second-order valence-corrected chi connectivity index (χ2v) is 5.47. The highest BCUT2D eigenvalue weighted by atomic mass is 35.5. The Bertz CT molecular complexity index is 399. The molecule has 2 nitrogen and oxygen atoms in total. The van der Waals surface area contributed by atoms with E-state index in [4.69, 9.17) is 11.6 Å². The first-order valence-corrected chi connectivity index (χ1v) is 7.15. The number of hydrogen-bond acceptors (Lipinski definition) is 1. The fraction of sp³-hybridized carbons (Fsp3) is 0.533. The molecule has 0 bridgehead atoms. The first kappa shape index (κ1) is 13.4. The smallest absolute Gasteiger partial charge is 0.220 e. The summed E-state index contributed by atoms with van der Waals surface area (Å²) in [4.78, 5) is 11.8. The highest BCUT2D eigenvalue weighted by Crippen LogP contribution is 2.17. The third kappa shape index (κ3) is 4.34. The molecular weight excluding hydrogens is 246 g/mol. The van der Waals surface area contributed by atoms with Crippen LogP contribution in [0.1, 0.15) is 44.1 Å². The quantitative estimate of drug-likeness (QED) is 0.883. The van der Waals surface area contributed by atoms with Crippen molar-refractivity contribution in [2.24, 2.45) is 0 Å². The van der Waals surface area contributed by atoms with Gasteiger partial charge in [-0.2, -0.15) is 0 Å². The van der Waals surface area contributed by atoms with Crippen molar-refractivity contribution in [2.75, 3.05) is 0 Å². The number of hydrogen-bond donors (Lipinski definition) is 1. The molecule has 98 valence electrons. The number of amides is 1. The summed E-state index contributed by atoms with van der Waals surface area (Å²) >= 11 is 5.92. The summed E-state index contributed by atoms with van der Waals surface area (Å²) in [6.07, 6.45) is 7.41. The standard InChI is InChI=1S/C15H20ClNO/c16-13-6-4-5-12(11-13)9-10-15(18)17-14-7-2-1-3-8-14/h4-6,11,14H,1-3,7-10H2,(H,17,18). The fourth-order valence-electron chi connectivity index (χ4n) is 2.50. The van der Waals surface area contributed by atoms with E-state index in [9.17, 15) is 4.79 Å². The van der Waals surface area contributed by atoms with Crippen LogP contribution >= 0.6 is 11.6 Å². The number of halogens is 1. The molecule has 0 spiro atoms. The molecule has 18 heavy (non-hydrogen) atoms. The van der Waals surface area contributed by atoms with Crippen LogP contribution in [0.4, 0.5) is 0 Å². The molecule has 3 heteroatoms. The second-order valence-electron chi connectivity index (χ2n) is 5.03. The molecular formula is C15H20ClNO. The number of benzene rings is 1. The van der Waals surface area contributed by atoms with Crippen molar-refractivity contribution in [3.8, 4) is 0 Å². The first-order valence-electron chi connectivity index (χ1n) is 6.78. The number of carbonyl (C=O) groups is 1. The second kappa shape index (κ2) is 6.79. The monoisotopic (exact) mass is 265 g/mol. The molecule has 0 heterocycles. The van der Waals surface area contributed by atoms with Crippen molar-refractivity contribution in [1.82, 2.24) is 5.32 Å². The average Bonchev–Trinajstić information content (AvgIpc) is 2.38. The highest BCUT2D eigenvalue weighted by Gasteiger charge is 2.15. The van der Waals surface area contributed by atoms with Gasteiger partial charge in [-0.3, -0.25) is 4.79 Å². The third-order valence-electron chi connectivity index (χ3n) is 3.50. The lowest BCUT2D eigenvalue weighted by molar-refractivity contribution is -0.121. The van der Waals surface area contributed by atoms with E-state index in [2.05, 4.69) is 5.32 Å². The van der Waals surface area contributed by atoms with Crippen molar-refractivity contribution in [3.05, 3.63) is 34.9 Å². The van der Waals surface area contributed by atoms with Gasteiger partial charge in [-0.1, -0.05) is 43.0 Å². The van der Waals surface area contributed by atoms with Crippen LogP contribution in [0.3, 0.4) is 0 Å². The summed E-state index contributed by atoms with van der Waals surface area (Å²) in [5.74, 6) is 0.168. The van der Waals surface area contributed by atoms with Gasteiger partial charge in [0.25, 0.3) is 0 Å². The van der Waals surface area contributed by atoms with Gasteiger partial charge in [0.1, 0.15) is 0 Å². The SMILES string of the molecule is O=C(CCc1cccc(Cl)c1)NC1CCCCC1. The molecule has 1 fully saturated rings. The van der Waals surface area contributed by atoms with Crippen molar-refractivity contribution in [1.29, 1.82) is 0 Å². The van der Waals surface area contributed by atoms with Gasteiger partial charge in [0, 0.05) is 17.5 Å². The van der Waals surface area contributed by atoms with E-state index in [-0.39, 0.29) is 5.91 Å². The van der Waals surface area contributed by atoms with Gasteiger partial charge in [-0.05, 0) is 37.0 Å². The number of carbonyl (C=O) groups excluding carboxylic acids is 1. The van der Waals surface area contributed by atoms with Crippen LogP contribution in [0.15, 0.2) is 24.3 Å². The summed E-state index contributed by atoms with van der Waals surface area (Å²) in [5.41, 5.74) is 1.13. The van der Waals surface area contributed by atoms with Crippen LogP contribution < -0.4 is 5.32 Å². The van der Waals surface area contributed by atoms with Crippen molar-refractivity contribution in [2.45, 2.75) is 51.0 Å². The maximum absolute atomic E-state index is 11.8. The molecule has 1 aromatic carbocycles. The van der Waals surface area contributed by atoms with Gasteiger partial charge >= 0.3 is 0 Å². The van der Waals surface area contributed by atoms with Crippen molar-refractivity contribution >= 4 is 17.5 Å². The maximum atomic E-state index is 11.8. The van der Waals surface area contributed by atoms with Gasteiger partial charge in [0.2, 0.25) is 5.91 Å². The summed E-state index contributed by atoms with van der Waals surface area (Å²) < 4.78 is 0. The minimum Gasteiger partial charge on any atom is -0.353 e. The molecule has 1 aliphatic rings. The largest absolute Gasteiger partial charge is 0.353 e. The zero-order chi connectivity index (χ0) is 12.8. The van der Waals surface area contributed by atoms with Crippen molar-refractivity contribution in [3.63, 3.8) is 0 Å². The molecule has 2 rings (SSSR count). The number of nitrogens with one attached hydrogen (secondary N) is 1. The predicted molar refractivity (Wildman–Crippen MR) is 74.8 cm³/mol.